The number of nitrogens with zero attached hydrogens (tertiary/aromatic N) is 2. The van der Waals surface area contributed by atoms with E-state index < -0.39 is 0 Å². The molecule has 1 atom stereocenters. The molecule has 1 unspecified atom stereocenters. The summed E-state index contributed by atoms with van der Waals surface area (Å²) in [6.07, 6.45) is 5.47. The van der Waals surface area contributed by atoms with Crippen LogP contribution in [0.25, 0.3) is 0 Å². The molecule has 72 valence electrons. The van der Waals surface area contributed by atoms with Gasteiger partial charge in [0.25, 0.3) is 5.91 Å². The van der Waals surface area contributed by atoms with Crippen molar-refractivity contribution in [2.24, 2.45) is 15.9 Å². The minimum atomic E-state index is -0.282. The van der Waals surface area contributed by atoms with E-state index in [-0.39, 0.29) is 11.8 Å². The Balaban J connectivity index is 2.03. The second kappa shape index (κ2) is 2.77. The lowest BCUT2D eigenvalue weighted by Crippen LogP contribution is -2.24. The first-order chi connectivity index (χ1) is 6.86. The van der Waals surface area contributed by atoms with Gasteiger partial charge in [-0.15, -0.1) is 0 Å². The summed E-state index contributed by atoms with van der Waals surface area (Å²) < 4.78 is 5.56. The van der Waals surface area contributed by atoms with Gasteiger partial charge in [0.05, 0.1) is 0 Å². The maximum absolute atomic E-state index is 11.5. The fourth-order valence-corrected chi connectivity index (χ4v) is 2.23. The molecular formula is C10H10N2O2. The second-order valence-electron chi connectivity index (χ2n) is 3.74. The van der Waals surface area contributed by atoms with E-state index in [0.29, 0.717) is 5.90 Å². The van der Waals surface area contributed by atoms with Crippen molar-refractivity contribution in [3.05, 3.63) is 11.3 Å². The minimum Gasteiger partial charge on any atom is -0.446 e. The van der Waals surface area contributed by atoms with Gasteiger partial charge < -0.3 is 4.74 Å². The van der Waals surface area contributed by atoms with Crippen LogP contribution in [0.1, 0.15) is 25.7 Å². The molecule has 0 aromatic heterocycles. The molecule has 0 aromatic rings. The fourth-order valence-electron chi connectivity index (χ4n) is 2.23. The van der Waals surface area contributed by atoms with E-state index in [1.807, 2.05) is 0 Å². The Labute approximate surface area is 81.4 Å². The number of hydrogen-bond donors (Lipinski definition) is 0. The Bertz CT molecular complexity index is 393. The summed E-state index contributed by atoms with van der Waals surface area (Å²) in [5, 5.41) is 0. The van der Waals surface area contributed by atoms with Crippen LogP contribution >= 0.6 is 0 Å². The van der Waals surface area contributed by atoms with Crippen LogP contribution in [0.4, 0.5) is 0 Å². The highest BCUT2D eigenvalue weighted by molar-refractivity contribution is 6.12. The van der Waals surface area contributed by atoms with E-state index in [0.717, 1.165) is 37.0 Å². The number of carbonyl (C=O) groups excluding carboxylic acids is 1. The number of aliphatic imine (C=N–C) groups is 2. The summed E-state index contributed by atoms with van der Waals surface area (Å²) in [4.78, 5) is 19.2. The average Bonchev–Trinajstić information content (AvgIpc) is 2.57. The monoisotopic (exact) mass is 190 g/mol. The van der Waals surface area contributed by atoms with E-state index in [9.17, 15) is 4.79 Å². The van der Waals surface area contributed by atoms with Crippen molar-refractivity contribution in [2.45, 2.75) is 25.7 Å². The quantitative estimate of drug-likeness (QED) is 0.580. The predicted octanol–water partition coefficient (Wildman–Crippen LogP) is 1.43. The smallest absolute Gasteiger partial charge is 0.263 e. The normalized spacial score (nSPS) is 29.6. The van der Waals surface area contributed by atoms with E-state index in [1.54, 1.807) is 0 Å². The van der Waals surface area contributed by atoms with Crippen LogP contribution in [0.2, 0.25) is 0 Å². The highest BCUT2D eigenvalue weighted by atomic mass is 16.5. The molecule has 0 saturated heterocycles. The number of hydrogen-bond acceptors (Lipinski definition) is 3. The lowest BCUT2D eigenvalue weighted by Gasteiger charge is -2.13. The van der Waals surface area contributed by atoms with Gasteiger partial charge >= 0.3 is 0 Å². The SMILES string of the molecule is O=C1N=CN=C2OC3=C(CCCC3)C12. The molecule has 1 amide bonds. The first kappa shape index (κ1) is 7.91. The summed E-state index contributed by atoms with van der Waals surface area (Å²) in [6.45, 7) is 0. The fraction of sp³-hybridized carbons (Fsp3) is 0.500. The summed E-state index contributed by atoms with van der Waals surface area (Å²) >= 11 is 0. The lowest BCUT2D eigenvalue weighted by molar-refractivity contribution is -0.119. The topological polar surface area (TPSA) is 51.0 Å². The van der Waals surface area contributed by atoms with Crippen molar-refractivity contribution in [1.29, 1.82) is 0 Å². The van der Waals surface area contributed by atoms with Gasteiger partial charge in [0.15, 0.2) is 0 Å². The van der Waals surface area contributed by atoms with Gasteiger partial charge in [0.1, 0.15) is 18.0 Å². The van der Waals surface area contributed by atoms with Crippen LogP contribution in [0.3, 0.4) is 0 Å². The molecule has 0 aromatic carbocycles. The molecule has 4 heteroatoms. The third-order valence-electron chi connectivity index (χ3n) is 2.90. The highest BCUT2D eigenvalue weighted by Gasteiger charge is 2.40. The van der Waals surface area contributed by atoms with Crippen LogP contribution < -0.4 is 0 Å². The van der Waals surface area contributed by atoms with Crippen molar-refractivity contribution in [3.63, 3.8) is 0 Å². The molecule has 1 aliphatic carbocycles. The highest BCUT2D eigenvalue weighted by Crippen LogP contribution is 2.38. The van der Waals surface area contributed by atoms with Crippen molar-refractivity contribution < 1.29 is 9.53 Å². The van der Waals surface area contributed by atoms with Crippen LogP contribution in [0.15, 0.2) is 21.3 Å². The molecule has 14 heavy (non-hydrogen) atoms. The van der Waals surface area contributed by atoms with Gasteiger partial charge in [-0.05, 0) is 24.8 Å². The van der Waals surface area contributed by atoms with Gasteiger partial charge in [-0.2, -0.15) is 0 Å². The number of carbonyl (C=O) groups is 1. The van der Waals surface area contributed by atoms with E-state index in [1.165, 1.54) is 6.34 Å². The van der Waals surface area contributed by atoms with Crippen LogP contribution in [-0.4, -0.2) is 18.1 Å². The third kappa shape index (κ3) is 0.967. The number of amides is 1. The first-order valence-electron chi connectivity index (χ1n) is 4.90. The minimum absolute atomic E-state index is 0.123. The number of allylic oxidation sites excluding steroid dienone is 1. The Hall–Kier alpha value is -1.45. The van der Waals surface area contributed by atoms with Crippen molar-refractivity contribution in [1.82, 2.24) is 0 Å². The molecule has 3 rings (SSSR count). The molecule has 2 aliphatic heterocycles. The summed E-state index contributed by atoms with van der Waals surface area (Å²) in [6, 6.07) is 0. The maximum atomic E-state index is 11.5. The zero-order chi connectivity index (χ0) is 9.54. The van der Waals surface area contributed by atoms with Crippen LogP contribution in [-0.2, 0) is 9.53 Å². The second-order valence-corrected chi connectivity index (χ2v) is 3.74. The van der Waals surface area contributed by atoms with Gasteiger partial charge in [0.2, 0.25) is 5.90 Å². The summed E-state index contributed by atoms with van der Waals surface area (Å²) in [7, 11) is 0. The molecule has 2 heterocycles. The number of rotatable bonds is 0. The zero-order valence-corrected chi connectivity index (χ0v) is 7.69. The maximum Gasteiger partial charge on any atom is 0.263 e. The largest absolute Gasteiger partial charge is 0.446 e. The Morgan fingerprint density at radius 1 is 1.36 bits per heavy atom. The van der Waals surface area contributed by atoms with Gasteiger partial charge in [-0.25, -0.2) is 9.98 Å². The Morgan fingerprint density at radius 3 is 3.14 bits per heavy atom. The van der Waals surface area contributed by atoms with Crippen LogP contribution in [0, 0.1) is 5.92 Å². The number of fused-ring (bicyclic) bond motifs is 2. The molecule has 0 N–H and O–H groups in total. The predicted molar refractivity (Wildman–Crippen MR) is 51.0 cm³/mol. The van der Waals surface area contributed by atoms with Gasteiger partial charge in [0, 0.05) is 6.42 Å². The first-order valence-corrected chi connectivity index (χ1v) is 4.90. The molecule has 0 radical (unpaired) electrons. The van der Waals surface area contributed by atoms with Gasteiger partial charge in [-0.3, -0.25) is 4.79 Å². The summed E-state index contributed by atoms with van der Waals surface area (Å²) in [5.74, 6) is 1.10. The molecule has 0 spiro atoms. The molecule has 4 nitrogen and oxygen atoms in total. The van der Waals surface area contributed by atoms with E-state index >= 15 is 0 Å². The lowest BCUT2D eigenvalue weighted by atomic mass is 9.89. The molecule has 0 saturated carbocycles. The third-order valence-corrected chi connectivity index (χ3v) is 2.90. The van der Waals surface area contributed by atoms with E-state index in [4.69, 9.17) is 4.74 Å². The molecule has 0 bridgehead atoms. The average molecular weight is 190 g/mol. The van der Waals surface area contributed by atoms with Crippen LogP contribution in [0.5, 0.6) is 0 Å². The van der Waals surface area contributed by atoms with Crippen molar-refractivity contribution in [2.75, 3.05) is 0 Å². The molecular weight excluding hydrogens is 180 g/mol. The Morgan fingerprint density at radius 2 is 2.21 bits per heavy atom. The Kier molecular flexibility index (Phi) is 1.56. The number of ether oxygens (including phenoxy) is 1. The zero-order valence-electron chi connectivity index (χ0n) is 7.69. The van der Waals surface area contributed by atoms with E-state index in [2.05, 4.69) is 9.98 Å². The molecule has 3 aliphatic rings. The standard InChI is InChI=1S/C10H10N2O2/c13-9-8-6-3-1-2-4-7(6)14-10(8)12-5-11-9/h5,8H,1-4H2. The van der Waals surface area contributed by atoms with Crippen molar-refractivity contribution >= 4 is 18.1 Å². The molecule has 0 fully saturated rings. The van der Waals surface area contributed by atoms with Gasteiger partial charge in [-0.1, -0.05) is 0 Å². The van der Waals surface area contributed by atoms with Crippen molar-refractivity contribution in [3.8, 4) is 0 Å². The summed E-state index contributed by atoms with van der Waals surface area (Å²) in [5.41, 5.74) is 1.12.